The maximum atomic E-state index is 12.3. The Morgan fingerprint density at radius 3 is 2.59 bits per heavy atom. The van der Waals surface area contributed by atoms with Crippen LogP contribution in [0.25, 0.3) is 5.69 Å². The topological polar surface area (TPSA) is 81.1 Å². The van der Waals surface area contributed by atoms with Crippen LogP contribution in [0.1, 0.15) is 21.5 Å². The van der Waals surface area contributed by atoms with Gasteiger partial charge in [0.15, 0.2) is 9.84 Å². The maximum absolute atomic E-state index is 12.3. The Kier molecular flexibility index (Phi) is 5.71. The van der Waals surface area contributed by atoms with Crippen molar-refractivity contribution in [2.75, 3.05) is 12.8 Å². The highest BCUT2D eigenvalue weighted by Crippen LogP contribution is 2.10. The summed E-state index contributed by atoms with van der Waals surface area (Å²) in [6, 6.07) is 16.5. The first-order valence-electron chi connectivity index (χ1n) is 8.54. The largest absolute Gasteiger partial charge is 0.352 e. The molecule has 7 heteroatoms. The molecule has 2 aromatic carbocycles. The van der Waals surface area contributed by atoms with E-state index in [1.54, 1.807) is 35.1 Å². The summed E-state index contributed by atoms with van der Waals surface area (Å²) in [5.74, 6) is -0.298. The molecule has 0 saturated carbocycles. The van der Waals surface area contributed by atoms with Gasteiger partial charge in [-0.1, -0.05) is 30.3 Å². The number of carbonyl (C=O) groups excluding carboxylic acids is 1. The quantitative estimate of drug-likeness (QED) is 0.679. The Labute approximate surface area is 158 Å². The summed E-state index contributed by atoms with van der Waals surface area (Å²) >= 11 is 0. The lowest BCUT2D eigenvalue weighted by Gasteiger charge is -2.06. The van der Waals surface area contributed by atoms with Crippen molar-refractivity contribution in [1.29, 1.82) is 0 Å². The average molecular weight is 383 g/mol. The second-order valence-corrected chi connectivity index (χ2v) is 8.55. The molecule has 0 unspecified atom stereocenters. The zero-order valence-corrected chi connectivity index (χ0v) is 15.8. The van der Waals surface area contributed by atoms with Crippen molar-refractivity contribution < 1.29 is 13.2 Å². The first-order valence-corrected chi connectivity index (χ1v) is 10.6. The lowest BCUT2D eigenvalue weighted by molar-refractivity contribution is 0.0954. The highest BCUT2D eigenvalue weighted by atomic mass is 32.2. The number of rotatable bonds is 7. The zero-order valence-electron chi connectivity index (χ0n) is 15.0. The molecule has 140 valence electrons. The van der Waals surface area contributed by atoms with Crippen LogP contribution in [0, 0.1) is 0 Å². The second kappa shape index (κ2) is 8.18. The minimum absolute atomic E-state index is 0.0766. The summed E-state index contributed by atoms with van der Waals surface area (Å²) in [5, 5.41) is 7.20. The van der Waals surface area contributed by atoms with Gasteiger partial charge in [0, 0.05) is 24.6 Å². The average Bonchev–Trinajstić information content (AvgIpc) is 3.10. The predicted octanol–water partition coefficient (Wildman–Crippen LogP) is 2.39. The Balaban J connectivity index is 1.56. The molecule has 1 amide bonds. The van der Waals surface area contributed by atoms with Crippen LogP contribution in [-0.4, -0.2) is 36.9 Å². The van der Waals surface area contributed by atoms with Crippen LogP contribution in [-0.2, 0) is 22.0 Å². The van der Waals surface area contributed by atoms with Crippen molar-refractivity contribution in [2.45, 2.75) is 12.2 Å². The first kappa shape index (κ1) is 18.8. The van der Waals surface area contributed by atoms with Gasteiger partial charge in [-0.25, -0.2) is 13.1 Å². The molecule has 1 aromatic heterocycles. The summed E-state index contributed by atoms with van der Waals surface area (Å²) in [6.45, 7) is 0.468. The number of sulfone groups is 1. The molecule has 0 saturated heterocycles. The summed E-state index contributed by atoms with van der Waals surface area (Å²) in [7, 11) is -3.13. The maximum Gasteiger partial charge on any atom is 0.251 e. The van der Waals surface area contributed by atoms with E-state index in [4.69, 9.17) is 0 Å². The normalized spacial score (nSPS) is 11.3. The second-order valence-electron chi connectivity index (χ2n) is 6.41. The number of benzene rings is 2. The number of amides is 1. The Morgan fingerprint density at radius 2 is 1.85 bits per heavy atom. The van der Waals surface area contributed by atoms with Gasteiger partial charge in [-0.05, 0) is 41.8 Å². The highest BCUT2D eigenvalue weighted by Gasteiger charge is 2.09. The van der Waals surface area contributed by atoms with Gasteiger partial charge < -0.3 is 5.32 Å². The van der Waals surface area contributed by atoms with Crippen molar-refractivity contribution in [3.05, 3.63) is 83.7 Å². The van der Waals surface area contributed by atoms with E-state index in [-0.39, 0.29) is 11.7 Å². The van der Waals surface area contributed by atoms with Gasteiger partial charge in [0.05, 0.1) is 17.6 Å². The molecule has 27 heavy (non-hydrogen) atoms. The van der Waals surface area contributed by atoms with Crippen LogP contribution >= 0.6 is 0 Å². The number of nitrogens with one attached hydrogen (secondary N) is 1. The fraction of sp³-hybridized carbons (Fsp3) is 0.200. The lowest BCUT2D eigenvalue weighted by Crippen LogP contribution is -2.25. The van der Waals surface area contributed by atoms with E-state index in [9.17, 15) is 13.2 Å². The molecule has 0 radical (unpaired) electrons. The molecule has 1 heterocycles. The van der Waals surface area contributed by atoms with Crippen LogP contribution in [0.2, 0.25) is 0 Å². The van der Waals surface area contributed by atoms with Gasteiger partial charge in [-0.2, -0.15) is 5.10 Å². The van der Waals surface area contributed by atoms with Crippen molar-refractivity contribution >= 4 is 15.7 Å². The number of nitrogens with zero attached hydrogens (tertiary/aromatic N) is 2. The van der Waals surface area contributed by atoms with E-state index in [0.29, 0.717) is 24.1 Å². The van der Waals surface area contributed by atoms with E-state index in [1.807, 2.05) is 36.5 Å². The van der Waals surface area contributed by atoms with Crippen LogP contribution in [0.5, 0.6) is 0 Å². The Hall–Kier alpha value is -2.93. The predicted molar refractivity (Wildman–Crippen MR) is 105 cm³/mol. The van der Waals surface area contributed by atoms with E-state index in [2.05, 4.69) is 10.4 Å². The van der Waals surface area contributed by atoms with Gasteiger partial charge in [0.2, 0.25) is 0 Å². The zero-order chi connectivity index (χ0) is 19.3. The van der Waals surface area contributed by atoms with E-state index in [0.717, 1.165) is 11.3 Å². The van der Waals surface area contributed by atoms with E-state index >= 15 is 0 Å². The van der Waals surface area contributed by atoms with Crippen LogP contribution in [0.15, 0.2) is 67.0 Å². The molecule has 0 spiro atoms. The summed E-state index contributed by atoms with van der Waals surface area (Å²) in [6.07, 6.45) is 5.55. The molecule has 0 atom stereocenters. The summed E-state index contributed by atoms with van der Waals surface area (Å²) in [5.41, 5.74) is 3.06. The molecule has 0 fully saturated rings. The molecule has 3 aromatic rings. The number of hydrogen-bond donors (Lipinski definition) is 1. The summed E-state index contributed by atoms with van der Waals surface area (Å²) < 4.78 is 24.6. The van der Waals surface area contributed by atoms with E-state index < -0.39 is 9.84 Å². The number of para-hydroxylation sites is 1. The molecular weight excluding hydrogens is 362 g/mol. The van der Waals surface area contributed by atoms with Crippen molar-refractivity contribution in [2.24, 2.45) is 0 Å². The SMILES string of the molecule is CS(=O)(=O)Cc1cccc(C(=O)NCCc2cnn(-c3ccccc3)c2)c1. The number of aromatic nitrogens is 2. The summed E-state index contributed by atoms with van der Waals surface area (Å²) in [4.78, 5) is 12.3. The lowest BCUT2D eigenvalue weighted by atomic mass is 10.1. The molecule has 0 aliphatic heterocycles. The van der Waals surface area contributed by atoms with Gasteiger partial charge in [-0.15, -0.1) is 0 Å². The minimum Gasteiger partial charge on any atom is -0.352 e. The molecular formula is C20H21N3O3S. The Bertz CT molecular complexity index is 1030. The molecule has 0 bridgehead atoms. The fourth-order valence-electron chi connectivity index (χ4n) is 2.74. The van der Waals surface area contributed by atoms with Crippen molar-refractivity contribution in [3.63, 3.8) is 0 Å². The third-order valence-electron chi connectivity index (χ3n) is 3.97. The third kappa shape index (κ3) is 5.52. The van der Waals surface area contributed by atoms with Crippen LogP contribution in [0.3, 0.4) is 0 Å². The van der Waals surface area contributed by atoms with Gasteiger partial charge in [-0.3, -0.25) is 4.79 Å². The van der Waals surface area contributed by atoms with Crippen molar-refractivity contribution in [1.82, 2.24) is 15.1 Å². The fourth-order valence-corrected chi connectivity index (χ4v) is 3.52. The number of hydrogen-bond acceptors (Lipinski definition) is 4. The number of carbonyl (C=O) groups is 1. The van der Waals surface area contributed by atoms with Crippen molar-refractivity contribution in [3.8, 4) is 5.69 Å². The minimum atomic E-state index is -3.13. The van der Waals surface area contributed by atoms with Gasteiger partial charge >= 0.3 is 0 Å². The van der Waals surface area contributed by atoms with Crippen LogP contribution in [0.4, 0.5) is 0 Å². The molecule has 0 aliphatic carbocycles. The first-order chi connectivity index (χ1) is 12.9. The Morgan fingerprint density at radius 1 is 1.07 bits per heavy atom. The molecule has 6 nitrogen and oxygen atoms in total. The van der Waals surface area contributed by atoms with Crippen LogP contribution < -0.4 is 5.32 Å². The van der Waals surface area contributed by atoms with Gasteiger partial charge in [0.25, 0.3) is 5.91 Å². The monoisotopic (exact) mass is 383 g/mol. The smallest absolute Gasteiger partial charge is 0.251 e. The standard InChI is InChI=1S/C20H21N3O3S/c1-27(25,26)15-16-6-5-7-18(12-16)20(24)21-11-10-17-13-22-23(14-17)19-8-3-2-4-9-19/h2-9,12-14H,10-11,15H2,1H3,(H,21,24). The molecule has 3 rings (SSSR count). The van der Waals surface area contributed by atoms with Gasteiger partial charge in [0.1, 0.15) is 0 Å². The molecule has 0 aliphatic rings. The highest BCUT2D eigenvalue weighted by molar-refractivity contribution is 7.89. The third-order valence-corrected chi connectivity index (χ3v) is 4.83. The van der Waals surface area contributed by atoms with E-state index in [1.165, 1.54) is 6.26 Å². The molecule has 1 N–H and O–H groups in total.